The first-order valence-corrected chi connectivity index (χ1v) is 13.6. The summed E-state index contributed by atoms with van der Waals surface area (Å²) >= 11 is 0. The number of anilines is 2. The minimum Gasteiger partial charge on any atom is -0.744 e. The third-order valence-electron chi connectivity index (χ3n) is 4.96. The second-order valence-corrected chi connectivity index (χ2v) is 10.4. The zero-order chi connectivity index (χ0) is 26.0. The largest absolute Gasteiger partial charge is 2.00 e. The molecule has 188 valence electrons. The molecule has 0 aliphatic heterocycles. The van der Waals surface area contributed by atoms with Gasteiger partial charge in [0.15, 0.2) is 0 Å². The van der Waals surface area contributed by atoms with E-state index in [2.05, 4.69) is 10.6 Å². The number of hydrogen-bond donors (Lipinski definition) is 2. The van der Waals surface area contributed by atoms with Gasteiger partial charge in [0.2, 0.25) is 0 Å². The van der Waals surface area contributed by atoms with Crippen LogP contribution in [0.2, 0.25) is 0 Å². The van der Waals surface area contributed by atoms with E-state index in [0.29, 0.717) is 13.1 Å². The summed E-state index contributed by atoms with van der Waals surface area (Å²) in [6.07, 6.45) is 0. The summed E-state index contributed by atoms with van der Waals surface area (Å²) in [4.78, 5) is -0.430. The molecule has 0 amide bonds. The third kappa shape index (κ3) is 10.8. The van der Waals surface area contributed by atoms with Gasteiger partial charge in [-0.1, -0.05) is 60.7 Å². The second-order valence-electron chi connectivity index (χ2n) is 7.64. The maximum Gasteiger partial charge on any atom is 2.00 e. The molecule has 0 unspecified atom stereocenters. The Morgan fingerprint density at radius 3 is 1.05 bits per heavy atom. The van der Waals surface area contributed by atoms with Crippen LogP contribution < -0.4 is 10.6 Å². The normalized spacial score (nSPS) is 10.9. The van der Waals surface area contributed by atoms with Crippen molar-refractivity contribution in [2.75, 3.05) is 10.6 Å². The SMILES string of the molecule is O=S(=O)([O-])c1ccc(NCc2ccccc2)cc1.O=S(=O)([O-])c1ccc(NCc2ccccc2)cc1.[Ca+2]. The monoisotopic (exact) mass is 564 g/mol. The summed E-state index contributed by atoms with van der Waals surface area (Å²) in [7, 11) is -8.73. The van der Waals surface area contributed by atoms with Crippen LogP contribution in [0.5, 0.6) is 0 Å². The summed E-state index contributed by atoms with van der Waals surface area (Å²) in [5.41, 5.74) is 3.79. The van der Waals surface area contributed by atoms with Gasteiger partial charge in [-0.2, -0.15) is 0 Å². The molecule has 0 bridgehead atoms. The van der Waals surface area contributed by atoms with Crippen LogP contribution in [0.3, 0.4) is 0 Å². The topological polar surface area (TPSA) is 138 Å². The van der Waals surface area contributed by atoms with Crippen LogP contribution in [0.1, 0.15) is 11.1 Å². The maximum atomic E-state index is 10.7. The summed E-state index contributed by atoms with van der Waals surface area (Å²) in [6.45, 7) is 1.29. The first kappa shape index (κ1) is 30.8. The van der Waals surface area contributed by atoms with Gasteiger partial charge < -0.3 is 19.7 Å². The van der Waals surface area contributed by atoms with Gasteiger partial charge >= 0.3 is 37.7 Å². The number of benzene rings is 4. The van der Waals surface area contributed by atoms with Gasteiger partial charge in [-0.05, 0) is 59.7 Å². The molecule has 0 radical (unpaired) electrons. The van der Waals surface area contributed by atoms with Crippen molar-refractivity contribution in [3.63, 3.8) is 0 Å². The van der Waals surface area contributed by atoms with Crippen LogP contribution >= 0.6 is 0 Å². The Morgan fingerprint density at radius 1 is 0.486 bits per heavy atom. The minimum atomic E-state index is -4.36. The molecule has 0 saturated carbocycles. The molecule has 4 aromatic carbocycles. The Kier molecular flexibility index (Phi) is 12.1. The van der Waals surface area contributed by atoms with Gasteiger partial charge in [-0.15, -0.1) is 0 Å². The zero-order valence-electron chi connectivity index (χ0n) is 19.8. The molecule has 8 nitrogen and oxygen atoms in total. The van der Waals surface area contributed by atoms with Gasteiger partial charge in [0.1, 0.15) is 20.2 Å². The molecular formula is C26H24CaN2O6S2. The molecule has 37 heavy (non-hydrogen) atoms. The van der Waals surface area contributed by atoms with Crippen LogP contribution in [0.25, 0.3) is 0 Å². The predicted octanol–water partition coefficient (Wildman–Crippen LogP) is 4.02. The van der Waals surface area contributed by atoms with Crippen LogP contribution in [0.15, 0.2) is 119 Å². The van der Waals surface area contributed by atoms with Gasteiger partial charge in [0.05, 0.1) is 9.79 Å². The van der Waals surface area contributed by atoms with Crippen LogP contribution in [-0.2, 0) is 33.3 Å². The Hall–Kier alpha value is -2.44. The molecule has 11 heteroatoms. The van der Waals surface area contributed by atoms with E-state index >= 15 is 0 Å². The van der Waals surface area contributed by atoms with Crippen molar-refractivity contribution in [2.24, 2.45) is 0 Å². The minimum absolute atomic E-state index is 0. The van der Waals surface area contributed by atoms with E-state index in [1.807, 2.05) is 60.7 Å². The molecule has 0 saturated heterocycles. The van der Waals surface area contributed by atoms with Crippen molar-refractivity contribution >= 4 is 69.3 Å². The summed E-state index contributed by atoms with van der Waals surface area (Å²) in [6, 6.07) is 31.1. The van der Waals surface area contributed by atoms with E-state index < -0.39 is 20.2 Å². The fraction of sp³-hybridized carbons (Fsp3) is 0.0769. The average molecular weight is 565 g/mol. The molecule has 0 spiro atoms. The molecule has 2 N–H and O–H groups in total. The smallest absolute Gasteiger partial charge is 0.744 e. The van der Waals surface area contributed by atoms with Crippen LogP contribution in [-0.4, -0.2) is 63.7 Å². The molecular weight excluding hydrogens is 541 g/mol. The third-order valence-corrected chi connectivity index (χ3v) is 6.66. The van der Waals surface area contributed by atoms with E-state index in [1.54, 1.807) is 24.3 Å². The molecule has 0 heterocycles. The van der Waals surface area contributed by atoms with Gasteiger partial charge in [-0.3, -0.25) is 0 Å². The number of rotatable bonds is 8. The zero-order valence-corrected chi connectivity index (χ0v) is 23.6. The van der Waals surface area contributed by atoms with Crippen LogP contribution in [0, 0.1) is 0 Å². The standard InChI is InChI=1S/2C13H13NO3S.Ca/c2*15-18(16,17)13-8-6-12(7-9-13)14-10-11-4-2-1-3-5-11;/h2*1-9,14H,10H2,(H,15,16,17);/q;;+2/p-2. The summed E-state index contributed by atoms with van der Waals surface area (Å²) < 4.78 is 64.5. The Morgan fingerprint density at radius 2 is 0.784 bits per heavy atom. The van der Waals surface area contributed by atoms with Gasteiger partial charge in [-0.25, -0.2) is 16.8 Å². The van der Waals surface area contributed by atoms with E-state index in [1.165, 1.54) is 24.3 Å². The van der Waals surface area contributed by atoms with E-state index in [0.717, 1.165) is 22.5 Å². The first-order chi connectivity index (χ1) is 17.1. The Balaban J connectivity index is 0.000000253. The maximum absolute atomic E-state index is 10.7. The molecule has 4 rings (SSSR count). The molecule has 0 aliphatic rings. The molecule has 4 aromatic rings. The second kappa shape index (κ2) is 14.5. The van der Waals surface area contributed by atoms with Crippen molar-refractivity contribution in [3.05, 3.63) is 120 Å². The van der Waals surface area contributed by atoms with E-state index in [9.17, 15) is 25.9 Å². The first-order valence-electron chi connectivity index (χ1n) is 10.8. The van der Waals surface area contributed by atoms with E-state index in [-0.39, 0.29) is 47.5 Å². The van der Waals surface area contributed by atoms with Crippen molar-refractivity contribution in [1.82, 2.24) is 0 Å². The van der Waals surface area contributed by atoms with Gasteiger partial charge in [0, 0.05) is 24.5 Å². The van der Waals surface area contributed by atoms with Crippen LogP contribution in [0.4, 0.5) is 11.4 Å². The number of nitrogens with one attached hydrogen (secondary N) is 2. The van der Waals surface area contributed by atoms with Crippen molar-refractivity contribution in [3.8, 4) is 0 Å². The van der Waals surface area contributed by atoms with Crippen molar-refractivity contribution < 1.29 is 25.9 Å². The molecule has 0 atom stereocenters. The van der Waals surface area contributed by atoms with Crippen molar-refractivity contribution in [2.45, 2.75) is 22.9 Å². The predicted molar refractivity (Wildman–Crippen MR) is 142 cm³/mol. The van der Waals surface area contributed by atoms with Gasteiger partial charge in [0.25, 0.3) is 0 Å². The fourth-order valence-electron chi connectivity index (χ4n) is 3.08. The van der Waals surface area contributed by atoms with Crippen molar-refractivity contribution in [1.29, 1.82) is 0 Å². The Bertz CT molecular complexity index is 1330. The Labute approximate surface area is 247 Å². The fourth-order valence-corrected chi connectivity index (χ4v) is 4.02. The molecule has 0 aromatic heterocycles. The quantitative estimate of drug-likeness (QED) is 0.242. The average Bonchev–Trinajstić information content (AvgIpc) is 2.87. The number of hydrogen-bond acceptors (Lipinski definition) is 8. The molecule has 0 fully saturated rings. The molecule has 0 aliphatic carbocycles. The summed E-state index contributed by atoms with van der Waals surface area (Å²) in [5, 5.41) is 6.29. The van der Waals surface area contributed by atoms with E-state index in [4.69, 9.17) is 0 Å². The summed E-state index contributed by atoms with van der Waals surface area (Å²) in [5.74, 6) is 0.